The van der Waals surface area contributed by atoms with Crippen LogP contribution in [0.3, 0.4) is 0 Å². The van der Waals surface area contributed by atoms with Gasteiger partial charge in [0.15, 0.2) is 5.11 Å². The van der Waals surface area contributed by atoms with E-state index in [0.29, 0.717) is 18.3 Å². The number of methoxy groups -OCH3 is 2. The molecular formula is C21H28N4O2S. The number of piperazine rings is 1. The lowest BCUT2D eigenvalue weighted by molar-refractivity contribution is 0.204. The lowest BCUT2D eigenvalue weighted by Gasteiger charge is -2.37. The van der Waals surface area contributed by atoms with Gasteiger partial charge in [-0.3, -0.25) is 0 Å². The van der Waals surface area contributed by atoms with Crippen molar-refractivity contribution >= 4 is 34.4 Å². The monoisotopic (exact) mass is 400 g/mol. The fourth-order valence-corrected chi connectivity index (χ4v) is 3.43. The fraction of sp³-hybridized carbons (Fsp3) is 0.381. The summed E-state index contributed by atoms with van der Waals surface area (Å²) in [6.07, 6.45) is 0. The van der Waals surface area contributed by atoms with E-state index in [0.717, 1.165) is 37.6 Å². The zero-order valence-electron chi connectivity index (χ0n) is 16.5. The first kappa shape index (κ1) is 20.2. The van der Waals surface area contributed by atoms with Crippen LogP contribution in [0.4, 0.5) is 17.1 Å². The Morgan fingerprint density at radius 2 is 1.43 bits per heavy atom. The standard InChI is InChI=1S/C21H28N4O2S/c1-26-16-11-22-21(28)23-17-3-5-18(6-4-17)24-12-14-25(15-13-24)19-7-9-20(27-2)10-8-19/h3-10H,11-16H2,1-2H3,(H2,22,23,28). The van der Waals surface area contributed by atoms with Crippen molar-refractivity contribution in [2.45, 2.75) is 0 Å². The molecule has 1 fully saturated rings. The molecule has 0 radical (unpaired) electrons. The van der Waals surface area contributed by atoms with E-state index in [-0.39, 0.29) is 0 Å². The number of nitrogens with zero attached hydrogens (tertiary/aromatic N) is 2. The number of rotatable bonds is 7. The lowest BCUT2D eigenvalue weighted by atomic mass is 10.2. The van der Waals surface area contributed by atoms with Crippen molar-refractivity contribution < 1.29 is 9.47 Å². The predicted molar refractivity (Wildman–Crippen MR) is 120 cm³/mol. The summed E-state index contributed by atoms with van der Waals surface area (Å²) in [4.78, 5) is 4.83. The van der Waals surface area contributed by atoms with E-state index in [1.54, 1.807) is 14.2 Å². The van der Waals surface area contributed by atoms with Gasteiger partial charge in [-0.05, 0) is 60.7 Å². The Hall–Kier alpha value is -2.51. The lowest BCUT2D eigenvalue weighted by Crippen LogP contribution is -2.46. The summed E-state index contributed by atoms with van der Waals surface area (Å²) in [5, 5.41) is 6.91. The Labute approximate surface area is 172 Å². The van der Waals surface area contributed by atoms with Gasteiger partial charge < -0.3 is 29.9 Å². The van der Waals surface area contributed by atoms with Gasteiger partial charge >= 0.3 is 0 Å². The molecule has 0 atom stereocenters. The van der Waals surface area contributed by atoms with Gasteiger partial charge in [0.25, 0.3) is 0 Å². The van der Waals surface area contributed by atoms with Crippen molar-refractivity contribution in [2.24, 2.45) is 0 Å². The van der Waals surface area contributed by atoms with Gasteiger partial charge in [-0.2, -0.15) is 0 Å². The highest BCUT2D eigenvalue weighted by Gasteiger charge is 2.17. The van der Waals surface area contributed by atoms with E-state index in [2.05, 4.69) is 56.8 Å². The largest absolute Gasteiger partial charge is 0.497 e. The Morgan fingerprint density at radius 3 is 1.93 bits per heavy atom. The molecule has 0 unspecified atom stereocenters. The van der Waals surface area contributed by atoms with E-state index in [4.69, 9.17) is 21.7 Å². The highest BCUT2D eigenvalue weighted by atomic mass is 32.1. The molecule has 1 saturated heterocycles. The molecule has 150 valence electrons. The molecule has 0 aliphatic carbocycles. The van der Waals surface area contributed by atoms with Gasteiger partial charge in [-0.1, -0.05) is 0 Å². The number of benzene rings is 2. The number of thiocarbonyl (C=S) groups is 1. The van der Waals surface area contributed by atoms with Crippen LogP contribution in [-0.2, 0) is 4.74 Å². The first-order valence-corrected chi connectivity index (χ1v) is 9.88. The van der Waals surface area contributed by atoms with E-state index in [1.807, 2.05) is 12.1 Å². The molecule has 3 rings (SSSR count). The van der Waals surface area contributed by atoms with Crippen molar-refractivity contribution in [1.29, 1.82) is 0 Å². The Kier molecular flexibility index (Phi) is 7.33. The molecule has 2 aromatic rings. The Bertz CT molecular complexity index is 744. The SMILES string of the molecule is COCCNC(=S)Nc1ccc(N2CCN(c3ccc(OC)cc3)CC2)cc1. The minimum atomic E-state index is 0.609. The molecule has 2 N–H and O–H groups in total. The van der Waals surface area contributed by atoms with Crippen LogP contribution in [0.5, 0.6) is 5.75 Å². The van der Waals surface area contributed by atoms with Crippen LogP contribution < -0.4 is 25.2 Å². The summed E-state index contributed by atoms with van der Waals surface area (Å²) in [5.74, 6) is 0.893. The summed E-state index contributed by atoms with van der Waals surface area (Å²) < 4.78 is 10.2. The first-order valence-electron chi connectivity index (χ1n) is 9.47. The molecule has 0 spiro atoms. The second-order valence-corrected chi connectivity index (χ2v) is 7.00. The molecule has 1 aliphatic heterocycles. The third kappa shape index (κ3) is 5.50. The fourth-order valence-electron chi connectivity index (χ4n) is 3.21. The second-order valence-electron chi connectivity index (χ2n) is 6.59. The highest BCUT2D eigenvalue weighted by Crippen LogP contribution is 2.23. The molecule has 0 saturated carbocycles. The van der Waals surface area contributed by atoms with Crippen LogP contribution in [0.1, 0.15) is 0 Å². The number of anilines is 3. The minimum absolute atomic E-state index is 0.609. The number of hydrogen-bond donors (Lipinski definition) is 2. The smallest absolute Gasteiger partial charge is 0.170 e. The Balaban J connectivity index is 1.49. The molecule has 6 nitrogen and oxygen atoms in total. The molecule has 1 heterocycles. The molecule has 7 heteroatoms. The third-order valence-corrected chi connectivity index (χ3v) is 5.05. The average Bonchev–Trinajstić information content (AvgIpc) is 2.75. The maximum atomic E-state index is 5.28. The summed E-state index contributed by atoms with van der Waals surface area (Å²) >= 11 is 5.28. The van der Waals surface area contributed by atoms with Crippen LogP contribution in [0, 0.1) is 0 Å². The minimum Gasteiger partial charge on any atom is -0.497 e. The van der Waals surface area contributed by atoms with Crippen molar-refractivity contribution in [1.82, 2.24) is 5.32 Å². The number of ether oxygens (including phenoxy) is 2. The third-order valence-electron chi connectivity index (χ3n) is 4.80. The normalized spacial score (nSPS) is 13.9. The summed E-state index contributed by atoms with van der Waals surface area (Å²) in [6.45, 7) is 5.31. The van der Waals surface area contributed by atoms with Crippen molar-refractivity contribution in [3.8, 4) is 5.75 Å². The van der Waals surface area contributed by atoms with E-state index in [9.17, 15) is 0 Å². The molecule has 28 heavy (non-hydrogen) atoms. The predicted octanol–water partition coefficient (Wildman–Crippen LogP) is 2.95. The molecule has 0 aromatic heterocycles. The van der Waals surface area contributed by atoms with E-state index in [1.165, 1.54) is 11.4 Å². The van der Waals surface area contributed by atoms with Crippen molar-refractivity contribution in [3.05, 3.63) is 48.5 Å². The van der Waals surface area contributed by atoms with Gasteiger partial charge in [0.1, 0.15) is 5.75 Å². The topological polar surface area (TPSA) is 49.0 Å². The van der Waals surface area contributed by atoms with Gasteiger partial charge in [-0.15, -0.1) is 0 Å². The van der Waals surface area contributed by atoms with Crippen molar-refractivity contribution in [3.63, 3.8) is 0 Å². The molecule has 1 aliphatic rings. The van der Waals surface area contributed by atoms with E-state index < -0.39 is 0 Å². The highest BCUT2D eigenvalue weighted by molar-refractivity contribution is 7.80. The zero-order valence-corrected chi connectivity index (χ0v) is 17.3. The average molecular weight is 401 g/mol. The second kappa shape index (κ2) is 10.1. The summed E-state index contributed by atoms with van der Waals surface area (Å²) in [7, 11) is 3.37. The quantitative estimate of drug-likeness (QED) is 0.547. The number of hydrogen-bond acceptors (Lipinski definition) is 5. The van der Waals surface area contributed by atoms with Gasteiger partial charge in [0.05, 0.1) is 13.7 Å². The Morgan fingerprint density at radius 1 is 0.893 bits per heavy atom. The summed E-state index contributed by atoms with van der Waals surface area (Å²) in [6, 6.07) is 16.7. The number of nitrogens with one attached hydrogen (secondary N) is 2. The van der Waals surface area contributed by atoms with Crippen LogP contribution in [0.2, 0.25) is 0 Å². The van der Waals surface area contributed by atoms with Crippen molar-refractivity contribution in [2.75, 3.05) is 68.7 Å². The summed E-state index contributed by atoms with van der Waals surface area (Å²) in [5.41, 5.74) is 3.46. The first-order chi connectivity index (χ1) is 13.7. The zero-order chi connectivity index (χ0) is 19.8. The molecule has 2 aromatic carbocycles. The van der Waals surface area contributed by atoms with E-state index >= 15 is 0 Å². The van der Waals surface area contributed by atoms with Crippen LogP contribution in [-0.4, -0.2) is 58.7 Å². The molecule has 0 amide bonds. The maximum Gasteiger partial charge on any atom is 0.170 e. The van der Waals surface area contributed by atoms with Crippen LogP contribution in [0.25, 0.3) is 0 Å². The van der Waals surface area contributed by atoms with Gasteiger partial charge in [-0.25, -0.2) is 0 Å². The van der Waals surface area contributed by atoms with Gasteiger partial charge in [0.2, 0.25) is 0 Å². The van der Waals surface area contributed by atoms with Gasteiger partial charge in [0, 0.05) is 56.9 Å². The van der Waals surface area contributed by atoms with Crippen LogP contribution in [0.15, 0.2) is 48.5 Å². The van der Waals surface area contributed by atoms with Crippen LogP contribution >= 0.6 is 12.2 Å². The molecule has 0 bridgehead atoms. The maximum absolute atomic E-state index is 5.28. The molecular weight excluding hydrogens is 372 g/mol.